The maximum atomic E-state index is 12.0. The highest BCUT2D eigenvalue weighted by atomic mass is 16.2. The van der Waals surface area contributed by atoms with Crippen LogP contribution in [0.25, 0.3) is 0 Å². The third-order valence-electron chi connectivity index (χ3n) is 3.72. The minimum atomic E-state index is -0.950. The van der Waals surface area contributed by atoms with Crippen LogP contribution in [0.5, 0.6) is 0 Å². The second-order valence-corrected chi connectivity index (χ2v) is 6.06. The Balaban J connectivity index is 1.86. The summed E-state index contributed by atoms with van der Waals surface area (Å²) in [4.78, 5) is 36.6. The molecule has 4 amide bonds. The van der Waals surface area contributed by atoms with Gasteiger partial charge in [0.15, 0.2) is 0 Å². The fraction of sp³-hybridized carbons (Fsp3) is 0.438. The highest BCUT2D eigenvalue weighted by molar-refractivity contribution is 6.08. The van der Waals surface area contributed by atoms with E-state index in [1.165, 1.54) is 0 Å². The lowest BCUT2D eigenvalue weighted by Crippen LogP contribution is -2.43. The van der Waals surface area contributed by atoms with Crippen molar-refractivity contribution in [1.82, 2.24) is 15.5 Å². The monoisotopic (exact) mass is 303 g/mol. The Morgan fingerprint density at radius 3 is 2.45 bits per heavy atom. The first-order chi connectivity index (χ1) is 10.3. The van der Waals surface area contributed by atoms with Gasteiger partial charge in [0.25, 0.3) is 5.91 Å². The number of benzene rings is 1. The molecule has 1 saturated heterocycles. The van der Waals surface area contributed by atoms with Crippen LogP contribution in [0.15, 0.2) is 30.3 Å². The molecule has 0 spiro atoms. The zero-order chi connectivity index (χ0) is 16.3. The number of carbonyl (C=O) groups excluding carboxylic acids is 3. The molecule has 0 saturated carbocycles. The van der Waals surface area contributed by atoms with E-state index in [1.54, 1.807) is 13.8 Å². The molecule has 6 heteroatoms. The number of urea groups is 1. The van der Waals surface area contributed by atoms with E-state index >= 15 is 0 Å². The zero-order valence-corrected chi connectivity index (χ0v) is 13.1. The molecule has 0 bridgehead atoms. The molecule has 1 atom stereocenters. The molecule has 0 aromatic heterocycles. The first-order valence-electron chi connectivity index (χ1n) is 7.27. The summed E-state index contributed by atoms with van der Waals surface area (Å²) in [5.41, 5.74) is 0.174. The number of nitrogens with zero attached hydrogens (tertiary/aromatic N) is 1. The van der Waals surface area contributed by atoms with Gasteiger partial charge >= 0.3 is 6.03 Å². The van der Waals surface area contributed by atoms with Gasteiger partial charge in [-0.3, -0.25) is 14.5 Å². The number of rotatable bonds is 5. The molecule has 1 aromatic carbocycles. The van der Waals surface area contributed by atoms with Gasteiger partial charge in [-0.05, 0) is 25.3 Å². The van der Waals surface area contributed by atoms with Crippen LogP contribution in [-0.4, -0.2) is 41.4 Å². The van der Waals surface area contributed by atoms with Crippen molar-refractivity contribution in [1.29, 1.82) is 0 Å². The van der Waals surface area contributed by atoms with E-state index in [9.17, 15) is 14.4 Å². The van der Waals surface area contributed by atoms with Crippen molar-refractivity contribution < 1.29 is 14.4 Å². The van der Waals surface area contributed by atoms with E-state index in [4.69, 9.17) is 0 Å². The van der Waals surface area contributed by atoms with Crippen molar-refractivity contribution in [3.63, 3.8) is 0 Å². The molecule has 1 aromatic rings. The predicted molar refractivity (Wildman–Crippen MR) is 82.2 cm³/mol. The number of amides is 4. The van der Waals surface area contributed by atoms with E-state index in [-0.39, 0.29) is 24.3 Å². The second kappa shape index (κ2) is 6.17. The summed E-state index contributed by atoms with van der Waals surface area (Å²) < 4.78 is 0. The van der Waals surface area contributed by atoms with Gasteiger partial charge in [-0.1, -0.05) is 37.3 Å². The van der Waals surface area contributed by atoms with Gasteiger partial charge in [0.05, 0.1) is 0 Å². The smallest absolute Gasteiger partial charge is 0.325 e. The van der Waals surface area contributed by atoms with Crippen molar-refractivity contribution in [2.75, 3.05) is 13.1 Å². The lowest BCUT2D eigenvalue weighted by Gasteiger charge is -2.17. The molecule has 0 unspecified atom stereocenters. The second-order valence-electron chi connectivity index (χ2n) is 6.06. The van der Waals surface area contributed by atoms with Crippen LogP contribution >= 0.6 is 0 Å². The minimum absolute atomic E-state index is 0.157. The van der Waals surface area contributed by atoms with Crippen molar-refractivity contribution in [3.8, 4) is 0 Å². The average Bonchev–Trinajstić information content (AvgIpc) is 2.67. The third-order valence-corrected chi connectivity index (χ3v) is 3.72. The van der Waals surface area contributed by atoms with Crippen molar-refractivity contribution in [3.05, 3.63) is 35.9 Å². The summed E-state index contributed by atoms with van der Waals surface area (Å²) in [6, 6.07) is 9.30. The summed E-state index contributed by atoms with van der Waals surface area (Å²) in [6.45, 7) is 5.43. The Morgan fingerprint density at radius 1 is 1.27 bits per heavy atom. The van der Waals surface area contributed by atoms with Gasteiger partial charge in [-0.2, -0.15) is 0 Å². The quantitative estimate of drug-likeness (QED) is 0.803. The van der Waals surface area contributed by atoms with Crippen LogP contribution in [0.3, 0.4) is 0 Å². The van der Waals surface area contributed by atoms with Crippen LogP contribution < -0.4 is 10.6 Å². The highest BCUT2D eigenvalue weighted by Gasteiger charge is 2.44. The molecule has 118 valence electrons. The van der Waals surface area contributed by atoms with Gasteiger partial charge in [0.2, 0.25) is 5.91 Å². The molecular weight excluding hydrogens is 282 g/mol. The number of imide groups is 1. The largest absolute Gasteiger partial charge is 0.354 e. The van der Waals surface area contributed by atoms with E-state index in [2.05, 4.69) is 10.6 Å². The zero-order valence-electron chi connectivity index (χ0n) is 13.1. The average molecular weight is 303 g/mol. The maximum absolute atomic E-state index is 12.0. The molecule has 6 nitrogen and oxygen atoms in total. The van der Waals surface area contributed by atoms with E-state index < -0.39 is 11.6 Å². The van der Waals surface area contributed by atoms with Gasteiger partial charge in [-0.15, -0.1) is 0 Å². The van der Waals surface area contributed by atoms with Crippen LogP contribution in [0.1, 0.15) is 32.3 Å². The van der Waals surface area contributed by atoms with Gasteiger partial charge in [0.1, 0.15) is 12.1 Å². The van der Waals surface area contributed by atoms with E-state index in [0.717, 1.165) is 10.5 Å². The Labute approximate surface area is 129 Å². The van der Waals surface area contributed by atoms with Crippen molar-refractivity contribution in [2.24, 2.45) is 0 Å². The summed E-state index contributed by atoms with van der Waals surface area (Å²) >= 11 is 0. The first kappa shape index (κ1) is 16.0. The third kappa shape index (κ3) is 3.44. The van der Waals surface area contributed by atoms with Gasteiger partial charge < -0.3 is 10.6 Å². The molecule has 2 rings (SSSR count). The lowest BCUT2D eigenvalue weighted by molar-refractivity contribution is -0.134. The summed E-state index contributed by atoms with van der Waals surface area (Å²) in [5, 5.41) is 5.31. The fourth-order valence-electron chi connectivity index (χ4n) is 2.33. The predicted octanol–water partition coefficient (Wildman–Crippen LogP) is 1.24. The number of hydrogen-bond donors (Lipinski definition) is 2. The van der Waals surface area contributed by atoms with Crippen LogP contribution in [0.2, 0.25) is 0 Å². The van der Waals surface area contributed by atoms with Gasteiger partial charge in [-0.25, -0.2) is 4.79 Å². The normalized spacial score (nSPS) is 18.0. The first-order valence-corrected chi connectivity index (χ1v) is 7.27. The molecule has 2 N–H and O–H groups in total. The number of carbonyl (C=O) groups is 3. The molecule has 0 radical (unpaired) electrons. The lowest BCUT2D eigenvalue weighted by atomic mass is 10.0. The number of nitrogens with one attached hydrogen (secondary N) is 2. The van der Waals surface area contributed by atoms with Crippen molar-refractivity contribution >= 4 is 17.8 Å². The highest BCUT2D eigenvalue weighted by Crippen LogP contribution is 2.16. The molecule has 1 aliphatic heterocycles. The van der Waals surface area contributed by atoms with Crippen LogP contribution in [0, 0.1) is 0 Å². The van der Waals surface area contributed by atoms with Gasteiger partial charge in [0, 0.05) is 6.54 Å². The summed E-state index contributed by atoms with van der Waals surface area (Å²) in [7, 11) is 0. The maximum Gasteiger partial charge on any atom is 0.325 e. The summed E-state index contributed by atoms with van der Waals surface area (Å²) in [5.74, 6) is -0.572. The Hall–Kier alpha value is -2.37. The van der Waals surface area contributed by atoms with Crippen LogP contribution in [-0.2, 0) is 9.59 Å². The fourth-order valence-corrected chi connectivity index (χ4v) is 2.33. The standard InChI is InChI=1S/C16H21N3O3/c1-11(12-7-5-4-6-8-12)9-17-13(20)10-19-14(21)16(2,3)18-15(19)22/h4-8,11H,9-10H2,1-3H3,(H,17,20)(H,18,22)/t11-/m0/s1. The SMILES string of the molecule is C[C@@H](CNC(=O)CN1C(=O)NC(C)(C)C1=O)c1ccccc1. The molecule has 0 aliphatic carbocycles. The number of hydrogen-bond acceptors (Lipinski definition) is 3. The van der Waals surface area contributed by atoms with Crippen molar-refractivity contribution in [2.45, 2.75) is 32.2 Å². The molecule has 1 heterocycles. The van der Waals surface area contributed by atoms with Crippen LogP contribution in [0.4, 0.5) is 4.79 Å². The molecule has 1 aliphatic rings. The molecule has 1 fully saturated rings. The molecular formula is C16H21N3O3. The van der Waals surface area contributed by atoms with E-state index in [0.29, 0.717) is 6.54 Å². The Kier molecular flexibility index (Phi) is 4.49. The summed E-state index contributed by atoms with van der Waals surface area (Å²) in [6.07, 6.45) is 0. The Bertz CT molecular complexity index is 584. The van der Waals surface area contributed by atoms with E-state index in [1.807, 2.05) is 37.3 Å². The Morgan fingerprint density at radius 2 is 1.91 bits per heavy atom. The molecule has 22 heavy (non-hydrogen) atoms. The minimum Gasteiger partial charge on any atom is -0.354 e. The topological polar surface area (TPSA) is 78.5 Å².